The van der Waals surface area contributed by atoms with Crippen molar-refractivity contribution in [2.75, 3.05) is 13.2 Å². The van der Waals surface area contributed by atoms with Crippen LogP contribution < -0.4 is 11.1 Å². The summed E-state index contributed by atoms with van der Waals surface area (Å²) < 4.78 is 0. The van der Waals surface area contributed by atoms with Crippen molar-refractivity contribution in [2.24, 2.45) is 17.6 Å². The maximum Gasteiger partial charge on any atom is 0.226 e. The molecule has 4 heteroatoms. The molecule has 1 aliphatic rings. The zero-order valence-electron chi connectivity index (χ0n) is 9.86. The largest absolute Gasteiger partial charge is 0.396 e. The van der Waals surface area contributed by atoms with Crippen LogP contribution in [-0.2, 0) is 4.79 Å². The van der Waals surface area contributed by atoms with E-state index in [4.69, 9.17) is 10.8 Å². The van der Waals surface area contributed by atoms with Gasteiger partial charge in [-0.3, -0.25) is 4.79 Å². The number of carbonyl (C=O) groups excluding carboxylic acids is 1. The second-order valence-corrected chi connectivity index (χ2v) is 4.61. The molecule has 0 saturated carbocycles. The standard InChI is InChI=1S/C12H22N2O2/c1-9(8-15)3-2-6-14-12(16)10-4-5-11(13)7-10/h4-5,9-11,15H,2-3,6-8,13H2,1H3,(H,14,16). The van der Waals surface area contributed by atoms with Gasteiger partial charge in [0.2, 0.25) is 5.91 Å². The number of hydrogen-bond acceptors (Lipinski definition) is 3. The molecule has 0 bridgehead atoms. The Balaban J connectivity index is 2.09. The minimum atomic E-state index is -0.0507. The Bertz CT molecular complexity index is 253. The fourth-order valence-electron chi connectivity index (χ4n) is 1.81. The van der Waals surface area contributed by atoms with Crippen LogP contribution in [0.2, 0.25) is 0 Å². The highest BCUT2D eigenvalue weighted by Gasteiger charge is 2.21. The molecular formula is C12H22N2O2. The fraction of sp³-hybridized carbons (Fsp3) is 0.750. The highest BCUT2D eigenvalue weighted by atomic mass is 16.3. The first-order valence-corrected chi connectivity index (χ1v) is 5.96. The van der Waals surface area contributed by atoms with Crippen molar-refractivity contribution in [1.82, 2.24) is 5.32 Å². The van der Waals surface area contributed by atoms with Crippen molar-refractivity contribution in [3.8, 4) is 0 Å². The van der Waals surface area contributed by atoms with Gasteiger partial charge in [-0.15, -0.1) is 0 Å². The van der Waals surface area contributed by atoms with Gasteiger partial charge < -0.3 is 16.2 Å². The zero-order valence-corrected chi connectivity index (χ0v) is 9.86. The Hall–Kier alpha value is -0.870. The molecule has 0 radical (unpaired) electrons. The third-order valence-corrected chi connectivity index (χ3v) is 2.94. The number of amides is 1. The number of aliphatic hydroxyl groups is 1. The molecule has 3 atom stereocenters. The maximum absolute atomic E-state index is 11.6. The Labute approximate surface area is 96.9 Å². The van der Waals surface area contributed by atoms with Crippen molar-refractivity contribution in [3.63, 3.8) is 0 Å². The molecule has 0 aromatic heterocycles. The SMILES string of the molecule is CC(CO)CCCNC(=O)C1C=CC(N)C1. The molecule has 4 nitrogen and oxygen atoms in total. The van der Waals surface area contributed by atoms with Crippen molar-refractivity contribution < 1.29 is 9.90 Å². The summed E-state index contributed by atoms with van der Waals surface area (Å²) in [7, 11) is 0. The molecule has 3 unspecified atom stereocenters. The average Bonchev–Trinajstić information content (AvgIpc) is 2.70. The first-order valence-electron chi connectivity index (χ1n) is 5.96. The van der Waals surface area contributed by atoms with E-state index in [1.54, 1.807) is 0 Å². The number of nitrogens with two attached hydrogens (primary N) is 1. The number of rotatable bonds is 6. The van der Waals surface area contributed by atoms with E-state index in [1.165, 1.54) is 0 Å². The molecule has 0 fully saturated rings. The lowest BCUT2D eigenvalue weighted by Gasteiger charge is -2.11. The molecule has 0 spiro atoms. The molecule has 16 heavy (non-hydrogen) atoms. The minimum absolute atomic E-state index is 0.0326. The fourth-order valence-corrected chi connectivity index (χ4v) is 1.81. The van der Waals surface area contributed by atoms with Crippen molar-refractivity contribution in [1.29, 1.82) is 0 Å². The maximum atomic E-state index is 11.6. The highest BCUT2D eigenvalue weighted by molar-refractivity contribution is 5.81. The molecule has 0 aromatic rings. The Morgan fingerprint density at radius 2 is 2.38 bits per heavy atom. The second-order valence-electron chi connectivity index (χ2n) is 4.61. The van der Waals surface area contributed by atoms with Gasteiger partial charge in [-0.25, -0.2) is 0 Å². The smallest absolute Gasteiger partial charge is 0.226 e. The molecule has 0 aromatic carbocycles. The first kappa shape index (κ1) is 13.2. The van der Waals surface area contributed by atoms with E-state index in [-0.39, 0.29) is 24.5 Å². The van der Waals surface area contributed by atoms with Crippen molar-refractivity contribution in [3.05, 3.63) is 12.2 Å². The minimum Gasteiger partial charge on any atom is -0.396 e. The predicted molar refractivity (Wildman–Crippen MR) is 63.7 cm³/mol. The first-order chi connectivity index (χ1) is 7.63. The van der Waals surface area contributed by atoms with Gasteiger partial charge in [0.05, 0.1) is 5.92 Å². The van der Waals surface area contributed by atoms with Gasteiger partial charge in [0.25, 0.3) is 0 Å². The van der Waals surface area contributed by atoms with Gasteiger partial charge in [0, 0.05) is 19.2 Å². The van der Waals surface area contributed by atoms with Crippen molar-refractivity contribution in [2.45, 2.75) is 32.2 Å². The Morgan fingerprint density at radius 3 is 2.94 bits per heavy atom. The summed E-state index contributed by atoms with van der Waals surface area (Å²) in [6, 6.07) is 0.0326. The highest BCUT2D eigenvalue weighted by Crippen LogP contribution is 2.16. The Morgan fingerprint density at radius 1 is 1.62 bits per heavy atom. The van der Waals surface area contributed by atoms with Crippen LogP contribution in [-0.4, -0.2) is 30.2 Å². The van der Waals surface area contributed by atoms with Crippen LogP contribution in [0.1, 0.15) is 26.2 Å². The third kappa shape index (κ3) is 4.33. The molecule has 0 aliphatic heterocycles. The summed E-state index contributed by atoms with van der Waals surface area (Å²) in [5.41, 5.74) is 5.68. The van der Waals surface area contributed by atoms with Crippen LogP contribution in [0.25, 0.3) is 0 Å². The molecule has 1 amide bonds. The van der Waals surface area contributed by atoms with E-state index in [1.807, 2.05) is 19.1 Å². The monoisotopic (exact) mass is 226 g/mol. The predicted octanol–water partition coefficient (Wildman–Crippen LogP) is 0.415. The van der Waals surface area contributed by atoms with E-state index < -0.39 is 0 Å². The van der Waals surface area contributed by atoms with E-state index >= 15 is 0 Å². The lowest BCUT2D eigenvalue weighted by atomic mass is 10.1. The topological polar surface area (TPSA) is 75.3 Å². The van der Waals surface area contributed by atoms with Crippen LogP contribution in [0.15, 0.2) is 12.2 Å². The molecule has 0 heterocycles. The van der Waals surface area contributed by atoms with Crippen LogP contribution in [0.4, 0.5) is 0 Å². The van der Waals surface area contributed by atoms with Gasteiger partial charge in [0.1, 0.15) is 0 Å². The molecule has 1 aliphatic carbocycles. The van der Waals surface area contributed by atoms with Crippen molar-refractivity contribution >= 4 is 5.91 Å². The lowest BCUT2D eigenvalue weighted by molar-refractivity contribution is -0.123. The summed E-state index contributed by atoms with van der Waals surface area (Å²) in [6.07, 6.45) is 6.35. The number of hydrogen-bond donors (Lipinski definition) is 3. The van der Waals surface area contributed by atoms with Crippen LogP contribution in [0, 0.1) is 11.8 Å². The average molecular weight is 226 g/mol. The van der Waals surface area contributed by atoms with Gasteiger partial charge >= 0.3 is 0 Å². The van der Waals surface area contributed by atoms with Gasteiger partial charge in [-0.2, -0.15) is 0 Å². The summed E-state index contributed by atoms with van der Waals surface area (Å²) >= 11 is 0. The second kappa shape index (κ2) is 6.66. The van der Waals surface area contributed by atoms with E-state index in [9.17, 15) is 4.79 Å². The number of carbonyl (C=O) groups is 1. The lowest BCUT2D eigenvalue weighted by Crippen LogP contribution is -2.31. The van der Waals surface area contributed by atoms with Crippen LogP contribution in [0.3, 0.4) is 0 Å². The van der Waals surface area contributed by atoms with E-state index in [0.29, 0.717) is 12.5 Å². The van der Waals surface area contributed by atoms with Gasteiger partial charge in [0.15, 0.2) is 0 Å². The zero-order chi connectivity index (χ0) is 12.0. The quantitative estimate of drug-likeness (QED) is 0.454. The van der Waals surface area contributed by atoms with E-state index in [0.717, 1.165) is 19.3 Å². The summed E-state index contributed by atoms with van der Waals surface area (Å²) in [5.74, 6) is 0.336. The van der Waals surface area contributed by atoms with E-state index in [2.05, 4.69) is 5.32 Å². The molecule has 1 rings (SSSR count). The molecule has 92 valence electrons. The van der Waals surface area contributed by atoms with Gasteiger partial charge in [-0.1, -0.05) is 19.1 Å². The normalized spacial score (nSPS) is 25.7. The number of aliphatic hydroxyl groups excluding tert-OH is 1. The summed E-state index contributed by atoms with van der Waals surface area (Å²) in [4.78, 5) is 11.6. The molecular weight excluding hydrogens is 204 g/mol. The van der Waals surface area contributed by atoms with Crippen LogP contribution in [0.5, 0.6) is 0 Å². The summed E-state index contributed by atoms with van der Waals surface area (Å²) in [5, 5.41) is 11.7. The third-order valence-electron chi connectivity index (χ3n) is 2.94. The molecule has 0 saturated heterocycles. The Kier molecular flexibility index (Phi) is 5.49. The number of nitrogens with one attached hydrogen (secondary N) is 1. The van der Waals surface area contributed by atoms with Crippen LogP contribution >= 0.6 is 0 Å². The molecule has 4 N–H and O–H groups in total. The summed E-state index contributed by atoms with van der Waals surface area (Å²) in [6.45, 7) is 2.90. The van der Waals surface area contributed by atoms with Gasteiger partial charge in [-0.05, 0) is 25.2 Å².